The van der Waals surface area contributed by atoms with Gasteiger partial charge in [-0.15, -0.1) is 0 Å². The highest BCUT2D eigenvalue weighted by molar-refractivity contribution is 5.42. The molecule has 0 atom stereocenters. The van der Waals surface area contributed by atoms with Gasteiger partial charge in [-0.2, -0.15) is 13.2 Å². The summed E-state index contributed by atoms with van der Waals surface area (Å²) in [5, 5.41) is 0. The summed E-state index contributed by atoms with van der Waals surface area (Å²) in [7, 11) is 0. The lowest BCUT2D eigenvalue weighted by Gasteiger charge is -2.08. The number of nitrogens with zero attached hydrogens (tertiary/aromatic N) is 2. The smallest absolute Gasteiger partial charge is 0.325 e. The van der Waals surface area contributed by atoms with E-state index in [1.807, 2.05) is 0 Å². The highest BCUT2D eigenvalue weighted by Crippen LogP contribution is 2.29. The fourth-order valence-electron chi connectivity index (χ4n) is 1.39. The fraction of sp³-hybridized carbons (Fsp3) is 0.222. The van der Waals surface area contributed by atoms with Gasteiger partial charge in [0.2, 0.25) is 0 Å². The van der Waals surface area contributed by atoms with Gasteiger partial charge in [-0.1, -0.05) is 6.07 Å². The van der Waals surface area contributed by atoms with Crippen LogP contribution >= 0.6 is 0 Å². The average Bonchev–Trinajstić information content (AvgIpc) is 2.57. The molecule has 0 aliphatic heterocycles. The van der Waals surface area contributed by atoms with E-state index in [4.69, 9.17) is 5.73 Å². The third-order valence-corrected chi connectivity index (χ3v) is 2.04. The summed E-state index contributed by atoms with van der Waals surface area (Å²) in [5.74, 6) is 0. The molecule has 2 N–H and O–H groups in total. The number of nitrogens with two attached hydrogens (primary N) is 1. The molecule has 0 saturated carbocycles. The van der Waals surface area contributed by atoms with Gasteiger partial charge in [0.15, 0.2) is 0 Å². The first-order valence-electron chi connectivity index (χ1n) is 4.26. The van der Waals surface area contributed by atoms with Crippen molar-refractivity contribution in [1.82, 2.24) is 9.38 Å². The van der Waals surface area contributed by atoms with E-state index < -0.39 is 11.9 Å². The van der Waals surface area contributed by atoms with Crippen molar-refractivity contribution in [3.63, 3.8) is 0 Å². The van der Waals surface area contributed by atoms with E-state index in [2.05, 4.69) is 4.98 Å². The zero-order valence-corrected chi connectivity index (χ0v) is 7.62. The molecule has 0 aliphatic rings. The molecule has 0 aromatic carbocycles. The minimum atomic E-state index is -4.38. The second-order valence-electron chi connectivity index (χ2n) is 3.07. The van der Waals surface area contributed by atoms with Crippen molar-refractivity contribution in [3.8, 4) is 0 Å². The molecule has 2 heterocycles. The Kier molecular flexibility index (Phi) is 2.15. The van der Waals surface area contributed by atoms with Crippen molar-refractivity contribution in [1.29, 1.82) is 0 Å². The molecule has 0 amide bonds. The molecular weight excluding hydrogens is 207 g/mol. The predicted octanol–water partition coefficient (Wildman–Crippen LogP) is 1.81. The molecule has 80 valence electrons. The van der Waals surface area contributed by atoms with Crippen LogP contribution in [0, 0.1) is 0 Å². The molecule has 2 rings (SSSR count). The van der Waals surface area contributed by atoms with Crippen molar-refractivity contribution in [2.24, 2.45) is 5.73 Å². The monoisotopic (exact) mass is 215 g/mol. The van der Waals surface area contributed by atoms with Gasteiger partial charge in [-0.3, -0.25) is 4.40 Å². The summed E-state index contributed by atoms with van der Waals surface area (Å²) in [4.78, 5) is 3.94. The van der Waals surface area contributed by atoms with Crippen LogP contribution in [0.2, 0.25) is 0 Å². The zero-order chi connectivity index (χ0) is 11.1. The molecule has 0 radical (unpaired) electrons. The van der Waals surface area contributed by atoms with Gasteiger partial charge in [-0.05, 0) is 12.1 Å². The average molecular weight is 215 g/mol. The van der Waals surface area contributed by atoms with Crippen LogP contribution in [0.4, 0.5) is 13.2 Å². The number of alkyl halides is 3. The normalized spacial score (nSPS) is 12.3. The molecule has 6 heteroatoms. The summed E-state index contributed by atoms with van der Waals surface area (Å²) in [6.45, 7) is 0.124. The van der Waals surface area contributed by atoms with E-state index in [0.717, 1.165) is 10.5 Å². The van der Waals surface area contributed by atoms with E-state index in [-0.39, 0.29) is 12.2 Å². The third kappa shape index (κ3) is 1.68. The first kappa shape index (κ1) is 9.97. The molecule has 0 bridgehead atoms. The van der Waals surface area contributed by atoms with Crippen molar-refractivity contribution in [3.05, 3.63) is 35.8 Å². The number of pyridine rings is 1. The van der Waals surface area contributed by atoms with Crippen molar-refractivity contribution in [2.75, 3.05) is 0 Å². The lowest BCUT2D eigenvalue weighted by molar-refractivity contribution is -0.142. The number of aromatic nitrogens is 2. The number of hydrogen-bond donors (Lipinski definition) is 1. The Labute approximate surface area is 83.3 Å². The van der Waals surface area contributed by atoms with Gasteiger partial charge in [0.25, 0.3) is 0 Å². The van der Waals surface area contributed by atoms with E-state index in [1.54, 1.807) is 0 Å². The third-order valence-electron chi connectivity index (χ3n) is 2.04. The maximum absolute atomic E-state index is 12.6. The van der Waals surface area contributed by atoms with Crippen LogP contribution in [0.25, 0.3) is 5.65 Å². The summed E-state index contributed by atoms with van der Waals surface area (Å²) >= 11 is 0. The number of halogens is 3. The minimum absolute atomic E-state index is 0.124. The summed E-state index contributed by atoms with van der Waals surface area (Å²) in [5.41, 5.74) is 5.26. The molecule has 2 aromatic heterocycles. The highest BCUT2D eigenvalue weighted by atomic mass is 19.4. The molecule has 15 heavy (non-hydrogen) atoms. The van der Waals surface area contributed by atoms with Gasteiger partial charge < -0.3 is 5.73 Å². The van der Waals surface area contributed by atoms with Crippen LogP contribution in [-0.4, -0.2) is 9.38 Å². The largest absolute Gasteiger partial charge is 0.431 e. The first-order chi connectivity index (χ1) is 7.02. The number of rotatable bonds is 1. The van der Waals surface area contributed by atoms with Crippen LogP contribution in [0.5, 0.6) is 0 Å². The molecule has 0 spiro atoms. The van der Waals surface area contributed by atoms with E-state index in [0.29, 0.717) is 5.69 Å². The predicted molar refractivity (Wildman–Crippen MR) is 48.1 cm³/mol. The summed E-state index contributed by atoms with van der Waals surface area (Å²) in [6.07, 6.45) is -3.08. The van der Waals surface area contributed by atoms with Crippen LogP contribution in [0.1, 0.15) is 11.4 Å². The molecule has 2 aromatic rings. The first-order valence-corrected chi connectivity index (χ1v) is 4.26. The van der Waals surface area contributed by atoms with Crippen LogP contribution in [0.15, 0.2) is 24.4 Å². The second-order valence-corrected chi connectivity index (χ2v) is 3.07. The summed E-state index contributed by atoms with van der Waals surface area (Å²) < 4.78 is 38.7. The molecular formula is C9H8F3N3. The molecule has 0 fully saturated rings. The highest BCUT2D eigenvalue weighted by Gasteiger charge is 2.33. The molecule has 0 unspecified atom stereocenters. The van der Waals surface area contributed by atoms with Crippen molar-refractivity contribution in [2.45, 2.75) is 12.7 Å². The Morgan fingerprint density at radius 2 is 2.07 bits per heavy atom. The topological polar surface area (TPSA) is 43.3 Å². The Balaban J connectivity index is 2.70. The second kappa shape index (κ2) is 3.23. The van der Waals surface area contributed by atoms with Crippen LogP contribution in [0.3, 0.4) is 0 Å². The van der Waals surface area contributed by atoms with Gasteiger partial charge in [0.1, 0.15) is 11.3 Å². The lowest BCUT2D eigenvalue weighted by Crippen LogP contribution is -2.10. The van der Waals surface area contributed by atoms with E-state index in [9.17, 15) is 13.2 Å². The Hall–Kier alpha value is -1.56. The Bertz CT molecular complexity index is 487. The SMILES string of the molecule is NCc1cn2c(C(F)(F)F)cccc2n1. The van der Waals surface area contributed by atoms with Gasteiger partial charge in [0.05, 0.1) is 5.69 Å². The Morgan fingerprint density at radius 3 is 2.67 bits per heavy atom. The minimum Gasteiger partial charge on any atom is -0.325 e. The zero-order valence-electron chi connectivity index (χ0n) is 7.62. The molecule has 3 nitrogen and oxygen atoms in total. The van der Waals surface area contributed by atoms with E-state index >= 15 is 0 Å². The lowest BCUT2D eigenvalue weighted by atomic mass is 10.3. The van der Waals surface area contributed by atoms with Crippen LogP contribution < -0.4 is 5.73 Å². The van der Waals surface area contributed by atoms with Crippen LogP contribution in [-0.2, 0) is 12.7 Å². The fourth-order valence-corrected chi connectivity index (χ4v) is 1.39. The maximum atomic E-state index is 12.6. The number of imidazole rings is 1. The number of fused-ring (bicyclic) bond motifs is 1. The van der Waals surface area contributed by atoms with Crippen molar-refractivity contribution < 1.29 is 13.2 Å². The number of hydrogen-bond acceptors (Lipinski definition) is 2. The maximum Gasteiger partial charge on any atom is 0.431 e. The van der Waals surface area contributed by atoms with Gasteiger partial charge in [-0.25, -0.2) is 4.98 Å². The molecule has 0 saturated heterocycles. The van der Waals surface area contributed by atoms with Gasteiger partial charge in [0, 0.05) is 12.7 Å². The molecule has 0 aliphatic carbocycles. The summed E-state index contributed by atoms with van der Waals surface area (Å²) in [6, 6.07) is 3.84. The Morgan fingerprint density at radius 1 is 1.33 bits per heavy atom. The standard InChI is InChI=1S/C9H8F3N3/c10-9(11,12)7-2-1-3-8-14-6(4-13)5-15(7)8/h1-3,5H,4,13H2. The van der Waals surface area contributed by atoms with Crippen molar-refractivity contribution >= 4 is 5.65 Å². The van der Waals surface area contributed by atoms with E-state index in [1.165, 1.54) is 18.3 Å². The quantitative estimate of drug-likeness (QED) is 0.788. The van der Waals surface area contributed by atoms with Gasteiger partial charge >= 0.3 is 6.18 Å².